The Balaban J connectivity index is 2.03. The van der Waals surface area contributed by atoms with Gasteiger partial charge in [-0.2, -0.15) is 0 Å². The Morgan fingerprint density at radius 2 is 2.05 bits per heavy atom. The molecule has 1 N–H and O–H groups in total. The quantitative estimate of drug-likeness (QED) is 0.777. The van der Waals surface area contributed by atoms with Crippen molar-refractivity contribution >= 4 is 16.8 Å². The van der Waals surface area contributed by atoms with E-state index in [9.17, 15) is 0 Å². The molecule has 0 bridgehead atoms. The van der Waals surface area contributed by atoms with Gasteiger partial charge in [0, 0.05) is 25.1 Å². The molecule has 0 unspecified atom stereocenters. The van der Waals surface area contributed by atoms with E-state index in [-0.39, 0.29) is 0 Å². The van der Waals surface area contributed by atoms with E-state index in [0.717, 1.165) is 28.2 Å². The topological polar surface area (TPSA) is 60.2 Å². The van der Waals surface area contributed by atoms with Gasteiger partial charge in [0.1, 0.15) is 23.7 Å². The largest absolute Gasteiger partial charge is 0.454 e. The average Bonchev–Trinajstić information content (AvgIpc) is 2.96. The summed E-state index contributed by atoms with van der Waals surface area (Å²) in [6.45, 7) is 2.97. The highest BCUT2D eigenvalue weighted by molar-refractivity contribution is 5.82. The number of fused-ring (bicyclic) bond motifs is 1. The van der Waals surface area contributed by atoms with Gasteiger partial charge in [0.05, 0.1) is 0 Å². The second-order valence-corrected chi connectivity index (χ2v) is 4.59. The van der Waals surface area contributed by atoms with E-state index < -0.39 is 0 Å². The zero-order valence-electron chi connectivity index (χ0n) is 12.1. The third kappa shape index (κ3) is 2.87. The number of hydrogen-bond acceptors (Lipinski definition) is 5. The van der Waals surface area contributed by atoms with Crippen molar-refractivity contribution in [1.29, 1.82) is 0 Å². The molecule has 21 heavy (non-hydrogen) atoms. The second kappa shape index (κ2) is 5.93. The molecule has 0 amide bonds. The van der Waals surface area contributed by atoms with Crippen LogP contribution in [0.15, 0.2) is 40.8 Å². The first-order chi connectivity index (χ1) is 10.3. The summed E-state index contributed by atoms with van der Waals surface area (Å²) in [5.41, 5.74) is 1.60. The Kier molecular flexibility index (Phi) is 3.83. The fraction of sp³-hybridized carbons (Fsp3) is 0.250. The summed E-state index contributed by atoms with van der Waals surface area (Å²) in [6.07, 6.45) is 0. The van der Waals surface area contributed by atoms with E-state index >= 15 is 0 Å². The van der Waals surface area contributed by atoms with Gasteiger partial charge < -0.3 is 14.5 Å². The number of benzene rings is 1. The number of anilines is 1. The first-order valence-corrected chi connectivity index (χ1v) is 6.92. The minimum atomic E-state index is 0.388. The molecule has 2 heterocycles. The van der Waals surface area contributed by atoms with Crippen LogP contribution >= 0.6 is 0 Å². The summed E-state index contributed by atoms with van der Waals surface area (Å²) in [5, 5.41) is 4.10. The third-order valence-electron chi connectivity index (χ3n) is 3.14. The minimum absolute atomic E-state index is 0.388. The molecule has 0 fully saturated rings. The molecular weight excluding hydrogens is 266 g/mol. The molecule has 2 aromatic heterocycles. The third-order valence-corrected chi connectivity index (χ3v) is 3.14. The Hall–Kier alpha value is -2.40. The molecular formula is C16H17N3O2. The highest BCUT2D eigenvalue weighted by Gasteiger charge is 2.11. The number of nitrogens with zero attached hydrogens (tertiary/aromatic N) is 2. The fourth-order valence-electron chi connectivity index (χ4n) is 2.12. The molecule has 0 aliphatic heterocycles. The normalized spacial score (nSPS) is 11.0. The minimum Gasteiger partial charge on any atom is -0.454 e. The molecule has 0 atom stereocenters. The maximum absolute atomic E-state index is 5.85. The monoisotopic (exact) mass is 283 g/mol. The van der Waals surface area contributed by atoms with E-state index in [1.54, 1.807) is 0 Å². The first kappa shape index (κ1) is 13.6. The second-order valence-electron chi connectivity index (χ2n) is 4.59. The van der Waals surface area contributed by atoms with E-state index in [2.05, 4.69) is 15.3 Å². The highest BCUT2D eigenvalue weighted by Crippen LogP contribution is 2.27. The van der Waals surface area contributed by atoms with Crippen molar-refractivity contribution in [2.24, 2.45) is 0 Å². The lowest BCUT2D eigenvalue weighted by Gasteiger charge is -2.06. The van der Waals surface area contributed by atoms with E-state index in [1.807, 2.05) is 50.4 Å². The number of aromatic nitrogens is 2. The van der Waals surface area contributed by atoms with Gasteiger partial charge in [-0.3, -0.25) is 0 Å². The maximum Gasteiger partial charge on any atom is 0.157 e. The fourth-order valence-corrected chi connectivity index (χ4v) is 2.12. The van der Waals surface area contributed by atoms with Gasteiger partial charge in [-0.25, -0.2) is 9.97 Å². The van der Waals surface area contributed by atoms with Crippen molar-refractivity contribution in [3.63, 3.8) is 0 Å². The number of nitrogens with one attached hydrogen (secondary N) is 1. The van der Waals surface area contributed by atoms with Crippen molar-refractivity contribution in [2.75, 3.05) is 19.0 Å². The van der Waals surface area contributed by atoms with Crippen LogP contribution in [0.4, 0.5) is 5.82 Å². The summed E-state index contributed by atoms with van der Waals surface area (Å²) >= 11 is 0. The van der Waals surface area contributed by atoms with Crippen LogP contribution in [-0.4, -0.2) is 23.6 Å². The maximum atomic E-state index is 5.85. The average molecular weight is 283 g/mol. The van der Waals surface area contributed by atoms with Gasteiger partial charge >= 0.3 is 0 Å². The van der Waals surface area contributed by atoms with E-state index in [1.165, 1.54) is 0 Å². The summed E-state index contributed by atoms with van der Waals surface area (Å²) in [7, 11) is 1.83. The SMILES string of the molecule is CCOCc1nc(NC)cc(-c2cc3ccccc3o2)n1. The molecule has 0 radical (unpaired) electrons. The number of para-hydroxylation sites is 1. The van der Waals surface area contributed by atoms with E-state index in [0.29, 0.717) is 19.0 Å². The Labute approximate surface area is 123 Å². The van der Waals surface area contributed by atoms with Crippen LogP contribution in [0.25, 0.3) is 22.4 Å². The van der Waals surface area contributed by atoms with Crippen LogP contribution < -0.4 is 5.32 Å². The van der Waals surface area contributed by atoms with Gasteiger partial charge in [0.15, 0.2) is 11.6 Å². The molecule has 5 heteroatoms. The Morgan fingerprint density at radius 1 is 1.19 bits per heavy atom. The summed E-state index contributed by atoms with van der Waals surface area (Å²) in [4.78, 5) is 8.89. The van der Waals surface area contributed by atoms with Gasteiger partial charge in [-0.05, 0) is 19.1 Å². The van der Waals surface area contributed by atoms with Gasteiger partial charge in [0.2, 0.25) is 0 Å². The van der Waals surface area contributed by atoms with Gasteiger partial charge in [0.25, 0.3) is 0 Å². The van der Waals surface area contributed by atoms with Crippen molar-refractivity contribution in [3.8, 4) is 11.5 Å². The predicted molar refractivity (Wildman–Crippen MR) is 82.1 cm³/mol. The lowest BCUT2D eigenvalue weighted by molar-refractivity contribution is 0.128. The molecule has 3 aromatic rings. The summed E-state index contributed by atoms with van der Waals surface area (Å²) in [5.74, 6) is 2.11. The first-order valence-electron chi connectivity index (χ1n) is 6.92. The van der Waals surface area contributed by atoms with Crippen molar-refractivity contribution in [2.45, 2.75) is 13.5 Å². The Morgan fingerprint density at radius 3 is 2.81 bits per heavy atom. The van der Waals surface area contributed by atoms with Crippen molar-refractivity contribution < 1.29 is 9.15 Å². The molecule has 0 spiro atoms. The molecule has 0 saturated heterocycles. The predicted octanol–water partition coefficient (Wildman–Crippen LogP) is 3.47. The van der Waals surface area contributed by atoms with Gasteiger partial charge in [-0.1, -0.05) is 18.2 Å². The van der Waals surface area contributed by atoms with Crippen LogP contribution in [0.5, 0.6) is 0 Å². The molecule has 0 aliphatic carbocycles. The highest BCUT2D eigenvalue weighted by atomic mass is 16.5. The van der Waals surface area contributed by atoms with Crippen molar-refractivity contribution in [1.82, 2.24) is 9.97 Å². The summed E-state index contributed by atoms with van der Waals surface area (Å²) in [6, 6.07) is 11.8. The van der Waals surface area contributed by atoms with Crippen LogP contribution in [0.3, 0.4) is 0 Å². The van der Waals surface area contributed by atoms with Gasteiger partial charge in [-0.15, -0.1) is 0 Å². The molecule has 5 nitrogen and oxygen atoms in total. The zero-order chi connectivity index (χ0) is 14.7. The molecule has 0 saturated carbocycles. The number of ether oxygens (including phenoxy) is 1. The van der Waals surface area contributed by atoms with Crippen LogP contribution in [-0.2, 0) is 11.3 Å². The standard InChI is InChI=1S/C16H17N3O2/c1-3-20-10-16-18-12(9-15(17-2)19-16)14-8-11-6-4-5-7-13(11)21-14/h4-9H,3,10H2,1-2H3,(H,17,18,19). The van der Waals surface area contributed by atoms with Crippen LogP contribution in [0.1, 0.15) is 12.7 Å². The summed E-state index contributed by atoms with van der Waals surface area (Å²) < 4.78 is 11.2. The number of rotatable bonds is 5. The molecule has 1 aromatic carbocycles. The lowest BCUT2D eigenvalue weighted by Crippen LogP contribution is -2.03. The number of furan rings is 1. The van der Waals surface area contributed by atoms with Crippen molar-refractivity contribution in [3.05, 3.63) is 42.2 Å². The van der Waals surface area contributed by atoms with E-state index in [4.69, 9.17) is 9.15 Å². The Bertz CT molecular complexity index is 719. The lowest BCUT2D eigenvalue weighted by atomic mass is 10.2. The van der Waals surface area contributed by atoms with Crippen LogP contribution in [0.2, 0.25) is 0 Å². The van der Waals surface area contributed by atoms with Crippen LogP contribution in [0, 0.1) is 0 Å². The zero-order valence-corrected chi connectivity index (χ0v) is 12.1. The molecule has 0 aliphatic rings. The number of hydrogen-bond donors (Lipinski definition) is 1. The smallest absolute Gasteiger partial charge is 0.157 e. The molecule has 108 valence electrons. The molecule has 3 rings (SSSR count).